The van der Waals surface area contributed by atoms with Crippen LogP contribution in [0.25, 0.3) is 10.8 Å². The van der Waals surface area contributed by atoms with Crippen molar-refractivity contribution in [2.75, 3.05) is 19.8 Å². The van der Waals surface area contributed by atoms with Gasteiger partial charge < -0.3 is 10.1 Å². The van der Waals surface area contributed by atoms with E-state index in [4.69, 9.17) is 4.74 Å². The first kappa shape index (κ1) is 16.6. The molecule has 0 spiro atoms. The number of nitrogens with zero attached hydrogens (tertiary/aromatic N) is 2. The molecule has 1 unspecified atom stereocenters. The Labute approximate surface area is 140 Å². The maximum atomic E-state index is 12.6. The normalized spacial score (nSPS) is 17.3. The Balaban J connectivity index is 1.91. The summed E-state index contributed by atoms with van der Waals surface area (Å²) in [4.78, 5) is 25.2. The molecule has 0 bridgehead atoms. The summed E-state index contributed by atoms with van der Waals surface area (Å²) in [6, 6.07) is 7.16. The third kappa shape index (κ3) is 3.48. The SMILES string of the molecule is CCCCn1nc(C(=O)NCC2CCOC2)c2ccccc2c1=O. The van der Waals surface area contributed by atoms with Crippen molar-refractivity contribution in [2.24, 2.45) is 5.92 Å². The summed E-state index contributed by atoms with van der Waals surface area (Å²) in [6.45, 7) is 4.59. The minimum absolute atomic E-state index is 0.139. The number of hydrogen-bond acceptors (Lipinski definition) is 4. The highest BCUT2D eigenvalue weighted by molar-refractivity contribution is 6.04. The molecule has 2 aromatic rings. The zero-order valence-electron chi connectivity index (χ0n) is 14.0. The fraction of sp³-hybridized carbons (Fsp3) is 0.500. The Kier molecular flexibility index (Phi) is 5.25. The summed E-state index contributed by atoms with van der Waals surface area (Å²) in [5.41, 5.74) is 0.181. The Morgan fingerprint density at radius 1 is 1.38 bits per heavy atom. The van der Waals surface area contributed by atoms with Crippen molar-refractivity contribution in [1.29, 1.82) is 0 Å². The highest BCUT2D eigenvalue weighted by atomic mass is 16.5. The van der Waals surface area contributed by atoms with Crippen molar-refractivity contribution >= 4 is 16.7 Å². The summed E-state index contributed by atoms with van der Waals surface area (Å²) in [7, 11) is 0. The number of benzene rings is 1. The first-order valence-corrected chi connectivity index (χ1v) is 8.56. The zero-order valence-corrected chi connectivity index (χ0v) is 14.0. The van der Waals surface area contributed by atoms with Gasteiger partial charge in [-0.3, -0.25) is 9.59 Å². The van der Waals surface area contributed by atoms with Crippen LogP contribution in [0.15, 0.2) is 29.1 Å². The average Bonchev–Trinajstić information content (AvgIpc) is 3.13. The molecule has 0 radical (unpaired) electrons. The lowest BCUT2D eigenvalue weighted by atomic mass is 10.1. The topological polar surface area (TPSA) is 73.2 Å². The molecule has 1 saturated heterocycles. The van der Waals surface area contributed by atoms with Crippen molar-refractivity contribution in [3.05, 3.63) is 40.3 Å². The van der Waals surface area contributed by atoms with Crippen LogP contribution >= 0.6 is 0 Å². The van der Waals surface area contributed by atoms with E-state index >= 15 is 0 Å². The Morgan fingerprint density at radius 3 is 2.88 bits per heavy atom. The molecule has 1 aliphatic rings. The van der Waals surface area contributed by atoms with Gasteiger partial charge in [0.25, 0.3) is 11.5 Å². The van der Waals surface area contributed by atoms with Crippen LogP contribution in [0.4, 0.5) is 0 Å². The number of unbranched alkanes of at least 4 members (excludes halogenated alkanes) is 1. The standard InChI is InChI=1S/C18H23N3O3/c1-2-3-9-21-18(23)15-7-5-4-6-14(15)16(20-21)17(22)19-11-13-8-10-24-12-13/h4-7,13H,2-3,8-12H2,1H3,(H,19,22). The predicted octanol–water partition coefficient (Wildman–Crippen LogP) is 1.96. The molecular weight excluding hydrogens is 306 g/mol. The van der Waals surface area contributed by atoms with Crippen LogP contribution in [0.2, 0.25) is 0 Å². The molecule has 1 aliphatic heterocycles. The Morgan fingerprint density at radius 2 is 2.17 bits per heavy atom. The van der Waals surface area contributed by atoms with Crippen LogP contribution in [-0.2, 0) is 11.3 Å². The van der Waals surface area contributed by atoms with Crippen LogP contribution in [0.3, 0.4) is 0 Å². The van der Waals surface area contributed by atoms with Crippen LogP contribution in [-0.4, -0.2) is 35.4 Å². The number of carbonyl (C=O) groups excluding carboxylic acids is 1. The summed E-state index contributed by atoms with van der Waals surface area (Å²) < 4.78 is 6.75. The zero-order chi connectivity index (χ0) is 16.9. The number of aromatic nitrogens is 2. The maximum Gasteiger partial charge on any atom is 0.274 e. The van der Waals surface area contributed by atoms with Crippen molar-refractivity contribution < 1.29 is 9.53 Å². The van der Waals surface area contributed by atoms with E-state index in [9.17, 15) is 9.59 Å². The molecule has 0 saturated carbocycles. The molecule has 1 amide bonds. The fourth-order valence-electron chi connectivity index (χ4n) is 2.93. The molecular formula is C18H23N3O3. The first-order chi connectivity index (χ1) is 11.7. The molecule has 6 heteroatoms. The molecule has 128 valence electrons. The lowest BCUT2D eigenvalue weighted by Crippen LogP contribution is -2.33. The van der Waals surface area contributed by atoms with E-state index in [1.807, 2.05) is 12.1 Å². The van der Waals surface area contributed by atoms with Gasteiger partial charge in [0.2, 0.25) is 0 Å². The highest BCUT2D eigenvalue weighted by Crippen LogP contribution is 2.15. The van der Waals surface area contributed by atoms with Gasteiger partial charge >= 0.3 is 0 Å². The molecule has 6 nitrogen and oxygen atoms in total. The summed E-state index contributed by atoms with van der Waals surface area (Å²) >= 11 is 0. The number of nitrogens with one attached hydrogen (secondary N) is 1. The fourth-order valence-corrected chi connectivity index (χ4v) is 2.93. The van der Waals surface area contributed by atoms with Gasteiger partial charge in [-0.2, -0.15) is 5.10 Å². The number of aryl methyl sites for hydroxylation is 1. The molecule has 3 rings (SSSR count). The number of hydrogen-bond donors (Lipinski definition) is 1. The summed E-state index contributed by atoms with van der Waals surface area (Å²) in [6.07, 6.45) is 2.78. The van der Waals surface area contributed by atoms with Crippen molar-refractivity contribution in [3.63, 3.8) is 0 Å². The number of rotatable bonds is 6. The van der Waals surface area contributed by atoms with Crippen molar-refractivity contribution in [3.8, 4) is 0 Å². The quantitative estimate of drug-likeness (QED) is 0.879. The van der Waals surface area contributed by atoms with E-state index in [0.717, 1.165) is 25.9 Å². The summed E-state index contributed by atoms with van der Waals surface area (Å²) in [5, 5.41) is 8.43. The van der Waals surface area contributed by atoms with Crippen molar-refractivity contribution in [2.45, 2.75) is 32.7 Å². The molecule has 1 atom stereocenters. The molecule has 1 aromatic carbocycles. The van der Waals surface area contributed by atoms with Gasteiger partial charge in [0.15, 0.2) is 5.69 Å². The Bertz CT molecular complexity index is 779. The van der Waals surface area contributed by atoms with Crippen LogP contribution in [0.1, 0.15) is 36.7 Å². The second kappa shape index (κ2) is 7.57. The lowest BCUT2D eigenvalue weighted by molar-refractivity contribution is 0.0939. The lowest BCUT2D eigenvalue weighted by Gasteiger charge is -2.12. The molecule has 1 aromatic heterocycles. The molecule has 0 aliphatic carbocycles. The number of fused-ring (bicyclic) bond motifs is 1. The number of amides is 1. The minimum Gasteiger partial charge on any atom is -0.381 e. The monoisotopic (exact) mass is 329 g/mol. The van der Waals surface area contributed by atoms with Gasteiger partial charge in [0, 0.05) is 31.0 Å². The third-order valence-electron chi connectivity index (χ3n) is 4.38. The van der Waals surface area contributed by atoms with E-state index in [2.05, 4.69) is 17.3 Å². The van der Waals surface area contributed by atoms with Gasteiger partial charge in [-0.25, -0.2) is 4.68 Å². The molecule has 24 heavy (non-hydrogen) atoms. The van der Waals surface area contributed by atoms with Crippen LogP contribution in [0.5, 0.6) is 0 Å². The predicted molar refractivity (Wildman–Crippen MR) is 92.2 cm³/mol. The summed E-state index contributed by atoms with van der Waals surface area (Å²) in [5.74, 6) is 0.120. The third-order valence-corrected chi connectivity index (χ3v) is 4.38. The average molecular weight is 329 g/mol. The van der Waals surface area contributed by atoms with Crippen molar-refractivity contribution in [1.82, 2.24) is 15.1 Å². The van der Waals surface area contributed by atoms with E-state index < -0.39 is 0 Å². The van der Waals surface area contributed by atoms with Gasteiger partial charge in [0.1, 0.15) is 0 Å². The van der Waals surface area contributed by atoms with E-state index in [-0.39, 0.29) is 11.5 Å². The van der Waals surface area contributed by atoms with Gasteiger partial charge in [-0.1, -0.05) is 31.5 Å². The van der Waals surface area contributed by atoms with Gasteiger partial charge in [0.05, 0.1) is 12.0 Å². The van der Waals surface area contributed by atoms with E-state index in [1.165, 1.54) is 4.68 Å². The largest absolute Gasteiger partial charge is 0.381 e. The maximum absolute atomic E-state index is 12.6. The van der Waals surface area contributed by atoms with Gasteiger partial charge in [-0.15, -0.1) is 0 Å². The van der Waals surface area contributed by atoms with Gasteiger partial charge in [-0.05, 0) is 18.9 Å². The molecule has 2 heterocycles. The number of ether oxygens (including phenoxy) is 1. The van der Waals surface area contributed by atoms with E-state index in [1.54, 1.807) is 12.1 Å². The Hall–Kier alpha value is -2.21. The second-order valence-electron chi connectivity index (χ2n) is 6.22. The molecule has 1 fully saturated rings. The first-order valence-electron chi connectivity index (χ1n) is 8.56. The second-order valence-corrected chi connectivity index (χ2v) is 6.22. The minimum atomic E-state index is -0.233. The smallest absolute Gasteiger partial charge is 0.274 e. The van der Waals surface area contributed by atoms with E-state index in [0.29, 0.717) is 42.1 Å². The highest BCUT2D eigenvalue weighted by Gasteiger charge is 2.20. The van der Waals surface area contributed by atoms with Crippen LogP contribution in [0, 0.1) is 5.92 Å². The number of carbonyl (C=O) groups is 1. The van der Waals surface area contributed by atoms with Crippen LogP contribution < -0.4 is 10.9 Å². The molecule has 1 N–H and O–H groups in total.